The number of methoxy groups -OCH3 is 1. The minimum absolute atomic E-state index is 0. The summed E-state index contributed by atoms with van der Waals surface area (Å²) in [6.45, 7) is 5.08. The summed E-state index contributed by atoms with van der Waals surface area (Å²) in [5, 5.41) is 6.58. The maximum absolute atomic E-state index is 5.69. The van der Waals surface area contributed by atoms with Crippen molar-refractivity contribution in [1.29, 1.82) is 0 Å². The van der Waals surface area contributed by atoms with E-state index in [1.807, 2.05) is 24.3 Å². The highest BCUT2D eigenvalue weighted by atomic mass is 127. The second-order valence-corrected chi connectivity index (χ2v) is 5.35. The third kappa shape index (κ3) is 9.97. The molecule has 2 N–H and O–H groups in total. The molecule has 0 aliphatic carbocycles. The number of rotatable bonds is 11. The van der Waals surface area contributed by atoms with E-state index >= 15 is 0 Å². The van der Waals surface area contributed by atoms with Crippen molar-refractivity contribution in [2.24, 2.45) is 4.99 Å². The first-order valence-electron chi connectivity index (χ1n) is 8.46. The number of halogens is 1. The molecule has 0 spiro atoms. The predicted octanol–water partition coefficient (Wildman–Crippen LogP) is 3.58. The van der Waals surface area contributed by atoms with Crippen LogP contribution in [0.4, 0.5) is 0 Å². The first-order valence-corrected chi connectivity index (χ1v) is 8.46. The van der Waals surface area contributed by atoms with Crippen LogP contribution >= 0.6 is 24.0 Å². The monoisotopic (exact) mass is 449 g/mol. The summed E-state index contributed by atoms with van der Waals surface area (Å²) in [5.41, 5.74) is 1.06. The van der Waals surface area contributed by atoms with E-state index < -0.39 is 0 Å². The minimum atomic E-state index is 0. The van der Waals surface area contributed by atoms with Crippen molar-refractivity contribution in [3.63, 3.8) is 0 Å². The van der Waals surface area contributed by atoms with Gasteiger partial charge in [-0.25, -0.2) is 0 Å². The molecule has 0 atom stereocenters. The topological polar surface area (TPSA) is 54.9 Å². The van der Waals surface area contributed by atoms with Crippen LogP contribution in [0.3, 0.4) is 0 Å². The van der Waals surface area contributed by atoms with Crippen LogP contribution in [0.1, 0.15) is 38.2 Å². The summed E-state index contributed by atoms with van der Waals surface area (Å²) in [6, 6.07) is 7.91. The highest BCUT2D eigenvalue weighted by Gasteiger charge is 2.01. The number of para-hydroxylation sites is 1. The summed E-state index contributed by atoms with van der Waals surface area (Å²) in [4.78, 5) is 4.21. The SMILES string of the molecule is CCCCCCNC(=NC)NCCOCc1ccccc1OC.I. The van der Waals surface area contributed by atoms with Gasteiger partial charge in [0.1, 0.15) is 5.75 Å². The van der Waals surface area contributed by atoms with Gasteiger partial charge in [0.2, 0.25) is 0 Å². The standard InChI is InChI=1S/C18H31N3O2.HI/c1-4-5-6-9-12-20-18(19-2)21-13-14-23-15-16-10-7-8-11-17(16)22-3;/h7-8,10-11H,4-6,9,12-15H2,1-3H3,(H2,19,20,21);1H. The second kappa shape index (κ2) is 15.5. The smallest absolute Gasteiger partial charge is 0.191 e. The van der Waals surface area contributed by atoms with Crippen LogP contribution in [0.15, 0.2) is 29.3 Å². The molecule has 5 nitrogen and oxygen atoms in total. The summed E-state index contributed by atoms with van der Waals surface area (Å²) >= 11 is 0. The molecule has 0 aliphatic heterocycles. The number of nitrogens with zero attached hydrogens (tertiary/aromatic N) is 1. The Morgan fingerprint density at radius 3 is 2.54 bits per heavy atom. The summed E-state index contributed by atoms with van der Waals surface area (Å²) in [5.74, 6) is 1.70. The number of unbranched alkanes of at least 4 members (excludes halogenated alkanes) is 3. The number of hydrogen-bond acceptors (Lipinski definition) is 3. The normalized spacial score (nSPS) is 10.9. The average Bonchev–Trinajstić information content (AvgIpc) is 2.59. The number of hydrogen-bond donors (Lipinski definition) is 2. The van der Waals surface area contributed by atoms with Crippen LogP contribution in [-0.2, 0) is 11.3 Å². The van der Waals surface area contributed by atoms with E-state index in [-0.39, 0.29) is 24.0 Å². The molecule has 1 aromatic rings. The number of guanidine groups is 1. The lowest BCUT2D eigenvalue weighted by atomic mass is 10.2. The molecule has 0 saturated carbocycles. The Balaban J connectivity index is 0.00000529. The zero-order valence-corrected chi connectivity index (χ0v) is 17.5. The van der Waals surface area contributed by atoms with Gasteiger partial charge in [-0.05, 0) is 12.5 Å². The second-order valence-electron chi connectivity index (χ2n) is 5.35. The molecule has 138 valence electrons. The molecule has 1 aromatic carbocycles. The van der Waals surface area contributed by atoms with E-state index in [1.54, 1.807) is 14.2 Å². The summed E-state index contributed by atoms with van der Waals surface area (Å²) < 4.78 is 11.0. The van der Waals surface area contributed by atoms with E-state index in [0.717, 1.165) is 30.4 Å². The zero-order chi connectivity index (χ0) is 16.8. The van der Waals surface area contributed by atoms with E-state index in [1.165, 1.54) is 25.7 Å². The van der Waals surface area contributed by atoms with Gasteiger partial charge in [0.25, 0.3) is 0 Å². The molecular weight excluding hydrogens is 417 g/mol. The Morgan fingerprint density at radius 2 is 1.83 bits per heavy atom. The van der Waals surface area contributed by atoms with Crippen molar-refractivity contribution in [1.82, 2.24) is 10.6 Å². The predicted molar refractivity (Wildman–Crippen MR) is 112 cm³/mol. The van der Waals surface area contributed by atoms with Crippen LogP contribution in [-0.4, -0.2) is 39.8 Å². The van der Waals surface area contributed by atoms with Gasteiger partial charge in [0, 0.05) is 25.7 Å². The van der Waals surface area contributed by atoms with Crippen molar-refractivity contribution in [3.8, 4) is 5.75 Å². The first-order chi connectivity index (χ1) is 11.3. The van der Waals surface area contributed by atoms with Crippen molar-refractivity contribution >= 4 is 29.9 Å². The van der Waals surface area contributed by atoms with Gasteiger partial charge in [0.05, 0.1) is 20.3 Å². The third-order valence-corrected chi connectivity index (χ3v) is 3.54. The lowest BCUT2D eigenvalue weighted by Gasteiger charge is -2.12. The van der Waals surface area contributed by atoms with E-state index in [2.05, 4.69) is 22.5 Å². The van der Waals surface area contributed by atoms with Crippen LogP contribution in [0.25, 0.3) is 0 Å². The third-order valence-electron chi connectivity index (χ3n) is 3.54. The highest BCUT2D eigenvalue weighted by molar-refractivity contribution is 14.0. The van der Waals surface area contributed by atoms with Crippen LogP contribution < -0.4 is 15.4 Å². The average molecular weight is 449 g/mol. The van der Waals surface area contributed by atoms with Crippen LogP contribution in [0.5, 0.6) is 5.75 Å². The Kier molecular flexibility index (Phi) is 14.8. The van der Waals surface area contributed by atoms with Gasteiger partial charge >= 0.3 is 0 Å². The summed E-state index contributed by atoms with van der Waals surface area (Å²) in [7, 11) is 3.47. The first kappa shape index (κ1) is 23.0. The highest BCUT2D eigenvalue weighted by Crippen LogP contribution is 2.17. The van der Waals surface area contributed by atoms with Crippen LogP contribution in [0.2, 0.25) is 0 Å². The van der Waals surface area contributed by atoms with Gasteiger partial charge in [-0.1, -0.05) is 44.4 Å². The van der Waals surface area contributed by atoms with Gasteiger partial charge in [-0.15, -0.1) is 24.0 Å². The number of benzene rings is 1. The van der Waals surface area contributed by atoms with E-state index in [4.69, 9.17) is 9.47 Å². The molecule has 0 amide bonds. The Hall–Kier alpha value is -1.02. The number of nitrogens with one attached hydrogen (secondary N) is 2. The van der Waals surface area contributed by atoms with Crippen molar-refractivity contribution < 1.29 is 9.47 Å². The van der Waals surface area contributed by atoms with Crippen molar-refractivity contribution in [2.75, 3.05) is 33.9 Å². The maximum atomic E-state index is 5.69. The molecule has 0 fully saturated rings. The molecule has 1 rings (SSSR count). The van der Waals surface area contributed by atoms with E-state index in [0.29, 0.717) is 13.2 Å². The lowest BCUT2D eigenvalue weighted by molar-refractivity contribution is 0.123. The molecular formula is C18H32IN3O2. The van der Waals surface area contributed by atoms with Gasteiger partial charge in [-0.3, -0.25) is 4.99 Å². The zero-order valence-electron chi connectivity index (χ0n) is 15.1. The van der Waals surface area contributed by atoms with Crippen molar-refractivity contribution in [2.45, 2.75) is 39.2 Å². The molecule has 6 heteroatoms. The molecule has 24 heavy (non-hydrogen) atoms. The van der Waals surface area contributed by atoms with Crippen molar-refractivity contribution in [3.05, 3.63) is 29.8 Å². The quantitative estimate of drug-likeness (QED) is 0.235. The van der Waals surface area contributed by atoms with E-state index in [9.17, 15) is 0 Å². The molecule has 0 aromatic heterocycles. The largest absolute Gasteiger partial charge is 0.496 e. The minimum Gasteiger partial charge on any atom is -0.496 e. The lowest BCUT2D eigenvalue weighted by Crippen LogP contribution is -2.39. The molecule has 0 heterocycles. The van der Waals surface area contributed by atoms with Gasteiger partial charge in [0.15, 0.2) is 5.96 Å². The van der Waals surface area contributed by atoms with Gasteiger partial charge < -0.3 is 20.1 Å². The fourth-order valence-corrected chi connectivity index (χ4v) is 2.23. The Labute approximate surface area is 163 Å². The van der Waals surface area contributed by atoms with Gasteiger partial charge in [-0.2, -0.15) is 0 Å². The van der Waals surface area contributed by atoms with Crippen LogP contribution in [0, 0.1) is 0 Å². The molecule has 0 radical (unpaired) electrons. The molecule has 0 aliphatic rings. The fraction of sp³-hybridized carbons (Fsp3) is 0.611. The Morgan fingerprint density at radius 1 is 1.08 bits per heavy atom. The number of aliphatic imine (C=N–C) groups is 1. The Bertz CT molecular complexity index is 456. The fourth-order valence-electron chi connectivity index (χ4n) is 2.23. The maximum Gasteiger partial charge on any atom is 0.191 e. The number of ether oxygens (including phenoxy) is 2. The molecule has 0 unspecified atom stereocenters. The molecule has 0 bridgehead atoms. The summed E-state index contributed by atoms with van der Waals surface area (Å²) in [6.07, 6.45) is 5.00. The molecule has 0 saturated heterocycles.